The van der Waals surface area contributed by atoms with Crippen LogP contribution in [-0.2, 0) is 11.2 Å². The average Bonchev–Trinajstić information content (AvgIpc) is 3.16. The van der Waals surface area contributed by atoms with E-state index in [4.69, 9.17) is 21.5 Å². The summed E-state index contributed by atoms with van der Waals surface area (Å²) in [5, 5.41) is 15.9. The van der Waals surface area contributed by atoms with Crippen molar-refractivity contribution in [1.29, 1.82) is 0 Å². The van der Waals surface area contributed by atoms with Gasteiger partial charge in [-0.15, -0.1) is 0 Å². The highest BCUT2D eigenvalue weighted by Crippen LogP contribution is 2.30. The molecule has 0 bridgehead atoms. The summed E-state index contributed by atoms with van der Waals surface area (Å²) in [5.41, 5.74) is 3.20. The van der Waals surface area contributed by atoms with Gasteiger partial charge >= 0.3 is 0 Å². The van der Waals surface area contributed by atoms with Crippen LogP contribution in [0.25, 0.3) is 6.08 Å². The van der Waals surface area contributed by atoms with Crippen molar-refractivity contribution in [3.05, 3.63) is 58.8 Å². The molecule has 0 unspecified atom stereocenters. The van der Waals surface area contributed by atoms with E-state index in [0.717, 1.165) is 31.7 Å². The molecule has 0 aliphatic carbocycles. The quantitative estimate of drug-likeness (QED) is 0.323. The Bertz CT molecular complexity index is 849. The van der Waals surface area contributed by atoms with Crippen molar-refractivity contribution >= 4 is 29.4 Å². The van der Waals surface area contributed by atoms with Gasteiger partial charge in [-0.05, 0) is 54.8 Å². The van der Waals surface area contributed by atoms with E-state index in [0.29, 0.717) is 16.4 Å². The minimum absolute atomic E-state index is 0.195. The molecule has 3 rings (SSSR count). The molecule has 1 saturated heterocycles. The van der Waals surface area contributed by atoms with Crippen LogP contribution in [0.4, 0.5) is 5.82 Å². The summed E-state index contributed by atoms with van der Waals surface area (Å²) in [5.74, 6) is 0.815. The minimum atomic E-state index is -0.617. The summed E-state index contributed by atoms with van der Waals surface area (Å²) >= 11 is 6.42. The first-order valence-electron chi connectivity index (χ1n) is 8.93. The van der Waals surface area contributed by atoms with Gasteiger partial charge in [0.05, 0.1) is 17.7 Å². The summed E-state index contributed by atoms with van der Waals surface area (Å²) in [4.78, 5) is 15.5. The summed E-state index contributed by atoms with van der Waals surface area (Å²) in [6, 6.07) is 9.77. The highest BCUT2D eigenvalue weighted by atomic mass is 35.5. The Kier molecular flexibility index (Phi) is 6.51. The fraction of sp³-hybridized carbons (Fsp3) is 0.300. The van der Waals surface area contributed by atoms with Crippen molar-refractivity contribution in [3.63, 3.8) is 0 Å². The van der Waals surface area contributed by atoms with Crippen LogP contribution >= 0.6 is 11.6 Å². The maximum atomic E-state index is 11.1. The Morgan fingerprint density at radius 2 is 2.21 bits per heavy atom. The predicted molar refractivity (Wildman–Crippen MR) is 109 cm³/mol. The van der Waals surface area contributed by atoms with Crippen molar-refractivity contribution < 1.29 is 14.7 Å². The first-order valence-corrected chi connectivity index (χ1v) is 9.31. The Labute approximate surface area is 168 Å². The molecular formula is C20H23ClN4O3. The van der Waals surface area contributed by atoms with Crippen LogP contribution in [0.1, 0.15) is 17.5 Å². The van der Waals surface area contributed by atoms with E-state index in [9.17, 15) is 4.79 Å². The van der Waals surface area contributed by atoms with Gasteiger partial charge in [0.15, 0.2) is 0 Å². The molecule has 1 amide bonds. The van der Waals surface area contributed by atoms with Gasteiger partial charge in [0.2, 0.25) is 0 Å². The molecular weight excluding hydrogens is 380 g/mol. The molecule has 1 fully saturated rings. The normalized spacial score (nSPS) is 19.0. The Morgan fingerprint density at radius 1 is 1.43 bits per heavy atom. The first kappa shape index (κ1) is 20.1. The fourth-order valence-corrected chi connectivity index (χ4v) is 3.50. The number of rotatable bonds is 7. The van der Waals surface area contributed by atoms with Gasteiger partial charge in [0, 0.05) is 18.8 Å². The number of amides is 1. The van der Waals surface area contributed by atoms with Crippen LogP contribution in [-0.4, -0.2) is 41.8 Å². The van der Waals surface area contributed by atoms with E-state index in [-0.39, 0.29) is 5.54 Å². The van der Waals surface area contributed by atoms with Crippen LogP contribution in [0.3, 0.4) is 0 Å². The summed E-state index contributed by atoms with van der Waals surface area (Å²) in [6.45, 7) is 1.72. The van der Waals surface area contributed by atoms with Crippen molar-refractivity contribution in [1.82, 2.24) is 15.8 Å². The number of ether oxygens (including phenoxy) is 1. The van der Waals surface area contributed by atoms with Gasteiger partial charge in [-0.2, -0.15) is 0 Å². The third-order valence-electron chi connectivity index (χ3n) is 4.73. The third kappa shape index (κ3) is 5.01. The van der Waals surface area contributed by atoms with Crippen molar-refractivity contribution in [2.75, 3.05) is 25.5 Å². The number of pyridine rings is 1. The average molecular weight is 403 g/mol. The number of halogens is 1. The molecule has 2 heterocycles. The van der Waals surface area contributed by atoms with E-state index >= 15 is 0 Å². The lowest BCUT2D eigenvalue weighted by Gasteiger charge is -2.31. The number of nitrogens with one attached hydrogen (secondary N) is 3. The third-order valence-corrected chi connectivity index (χ3v) is 5.02. The van der Waals surface area contributed by atoms with Crippen LogP contribution in [0.2, 0.25) is 5.02 Å². The SMILES string of the molecule is COc1ccc(C[C@@]2(Nc3ncc(/C=C/C(=O)NO)cc3Cl)CCNC2)cc1. The molecule has 1 aromatic heterocycles. The molecule has 0 radical (unpaired) electrons. The number of aromatic nitrogens is 1. The smallest absolute Gasteiger partial charge is 0.267 e. The zero-order chi connectivity index (χ0) is 20.0. The van der Waals surface area contributed by atoms with Crippen molar-refractivity contribution in [2.45, 2.75) is 18.4 Å². The number of nitrogens with zero attached hydrogens (tertiary/aromatic N) is 1. The zero-order valence-electron chi connectivity index (χ0n) is 15.5. The van der Waals surface area contributed by atoms with E-state index in [1.165, 1.54) is 23.2 Å². The van der Waals surface area contributed by atoms with Gasteiger partial charge in [0.1, 0.15) is 11.6 Å². The van der Waals surface area contributed by atoms with Crippen molar-refractivity contribution in [3.8, 4) is 5.75 Å². The second-order valence-electron chi connectivity index (χ2n) is 6.77. The van der Waals surface area contributed by atoms with E-state index in [2.05, 4.69) is 27.8 Å². The van der Waals surface area contributed by atoms with Crippen LogP contribution in [0, 0.1) is 0 Å². The maximum Gasteiger partial charge on any atom is 0.267 e. The highest BCUT2D eigenvalue weighted by Gasteiger charge is 2.34. The molecule has 0 saturated carbocycles. The molecule has 1 aromatic carbocycles. The molecule has 2 aromatic rings. The molecule has 28 heavy (non-hydrogen) atoms. The monoisotopic (exact) mass is 402 g/mol. The number of hydrogen-bond acceptors (Lipinski definition) is 6. The van der Waals surface area contributed by atoms with Gasteiger partial charge in [-0.3, -0.25) is 10.0 Å². The fourth-order valence-electron chi connectivity index (χ4n) is 3.28. The highest BCUT2D eigenvalue weighted by molar-refractivity contribution is 6.33. The summed E-state index contributed by atoms with van der Waals surface area (Å²) in [7, 11) is 1.65. The number of anilines is 1. The lowest BCUT2D eigenvalue weighted by Crippen LogP contribution is -2.43. The minimum Gasteiger partial charge on any atom is -0.497 e. The second kappa shape index (κ2) is 9.05. The summed E-state index contributed by atoms with van der Waals surface area (Å²) in [6.07, 6.45) is 6.11. The molecule has 7 nitrogen and oxygen atoms in total. The molecule has 1 aliphatic heterocycles. The van der Waals surface area contributed by atoms with Gasteiger partial charge in [0.25, 0.3) is 5.91 Å². The standard InChI is InChI=1S/C20H23ClN4O3/c1-28-16-5-2-14(3-6-16)11-20(8-9-22-13-20)24-19-17(21)10-15(12-23-19)4-7-18(26)25-27/h2-7,10,12,22,27H,8-9,11,13H2,1H3,(H,23,24)(H,25,26)/b7-4+/t20-/m0/s1. The summed E-state index contributed by atoms with van der Waals surface area (Å²) < 4.78 is 5.23. The molecule has 148 valence electrons. The van der Waals surface area contributed by atoms with E-state index < -0.39 is 5.91 Å². The van der Waals surface area contributed by atoms with Gasteiger partial charge < -0.3 is 15.4 Å². The zero-order valence-corrected chi connectivity index (χ0v) is 16.3. The maximum absolute atomic E-state index is 11.1. The number of hydrogen-bond donors (Lipinski definition) is 4. The first-order chi connectivity index (χ1) is 13.5. The topological polar surface area (TPSA) is 95.5 Å². The lowest BCUT2D eigenvalue weighted by atomic mass is 9.89. The number of hydroxylamine groups is 1. The second-order valence-corrected chi connectivity index (χ2v) is 7.17. The Balaban J connectivity index is 1.76. The predicted octanol–water partition coefficient (Wildman–Crippen LogP) is 2.65. The molecule has 4 N–H and O–H groups in total. The van der Waals surface area contributed by atoms with Crippen LogP contribution in [0.5, 0.6) is 5.75 Å². The van der Waals surface area contributed by atoms with Crippen molar-refractivity contribution in [2.24, 2.45) is 0 Å². The number of carbonyl (C=O) groups excluding carboxylic acids is 1. The Hall–Kier alpha value is -2.61. The number of benzene rings is 1. The molecule has 1 atom stereocenters. The lowest BCUT2D eigenvalue weighted by molar-refractivity contribution is -0.124. The largest absolute Gasteiger partial charge is 0.497 e. The van der Waals surface area contributed by atoms with E-state index in [1.807, 2.05) is 12.1 Å². The molecule has 1 aliphatic rings. The van der Waals surface area contributed by atoms with Crippen LogP contribution < -0.4 is 20.9 Å². The van der Waals surface area contributed by atoms with Gasteiger partial charge in [-0.25, -0.2) is 10.5 Å². The number of carbonyl (C=O) groups is 1. The molecule has 0 spiro atoms. The van der Waals surface area contributed by atoms with Crippen LogP contribution in [0.15, 0.2) is 42.6 Å². The Morgan fingerprint density at radius 3 is 2.82 bits per heavy atom. The molecule has 8 heteroatoms. The number of methoxy groups -OCH3 is 1. The van der Waals surface area contributed by atoms with E-state index in [1.54, 1.807) is 19.4 Å². The van der Waals surface area contributed by atoms with Gasteiger partial charge in [-0.1, -0.05) is 23.7 Å².